The van der Waals surface area contributed by atoms with Gasteiger partial charge in [-0.1, -0.05) is 0 Å². The largest absolute Gasteiger partial charge is 0.381 e. The summed E-state index contributed by atoms with van der Waals surface area (Å²) in [6.07, 6.45) is 4.03. The van der Waals surface area contributed by atoms with E-state index in [0.717, 1.165) is 25.9 Å². The van der Waals surface area contributed by atoms with Crippen molar-refractivity contribution in [3.8, 4) is 0 Å². The smallest absolute Gasteiger partial charge is 0.117 e. The van der Waals surface area contributed by atoms with E-state index in [0.29, 0.717) is 19.4 Å². The van der Waals surface area contributed by atoms with Gasteiger partial charge in [0, 0.05) is 18.6 Å². The van der Waals surface area contributed by atoms with E-state index >= 15 is 0 Å². The third-order valence-corrected chi connectivity index (χ3v) is 3.43. The number of alkyl halides is 1. The molecule has 2 nitrogen and oxygen atoms in total. The summed E-state index contributed by atoms with van der Waals surface area (Å²) in [7, 11) is 0. The van der Waals surface area contributed by atoms with E-state index in [1.54, 1.807) is 0 Å². The molecule has 13 heavy (non-hydrogen) atoms. The zero-order chi connectivity index (χ0) is 9.31. The van der Waals surface area contributed by atoms with Gasteiger partial charge in [-0.05, 0) is 32.1 Å². The second kappa shape index (κ2) is 3.54. The summed E-state index contributed by atoms with van der Waals surface area (Å²) in [5.74, 6) is 0.110. The number of hydrogen-bond donors (Lipinski definition) is 1. The molecule has 0 amide bonds. The van der Waals surface area contributed by atoms with Crippen molar-refractivity contribution in [1.29, 1.82) is 0 Å². The highest BCUT2D eigenvalue weighted by molar-refractivity contribution is 4.95. The molecule has 0 aromatic heterocycles. The van der Waals surface area contributed by atoms with Gasteiger partial charge in [-0.3, -0.25) is 0 Å². The second-order valence-electron chi connectivity index (χ2n) is 4.45. The van der Waals surface area contributed by atoms with E-state index in [9.17, 15) is 4.39 Å². The Balaban J connectivity index is 2.00. The summed E-state index contributed by atoms with van der Waals surface area (Å²) in [5.41, 5.74) is 4.78. The molecule has 0 radical (unpaired) electrons. The van der Waals surface area contributed by atoms with Gasteiger partial charge in [0.15, 0.2) is 0 Å². The first-order valence-electron chi connectivity index (χ1n) is 5.23. The molecule has 1 aliphatic heterocycles. The minimum absolute atomic E-state index is 0.0688. The SMILES string of the molecule is NC1CCCC(F)(C2CCOC2)C1. The molecule has 1 saturated carbocycles. The highest BCUT2D eigenvalue weighted by Gasteiger charge is 2.43. The van der Waals surface area contributed by atoms with Crippen molar-refractivity contribution in [2.24, 2.45) is 11.7 Å². The molecule has 3 atom stereocenters. The normalized spacial score (nSPS) is 46.6. The van der Waals surface area contributed by atoms with Crippen LogP contribution in [0, 0.1) is 5.92 Å². The van der Waals surface area contributed by atoms with Crippen LogP contribution in [0.5, 0.6) is 0 Å². The molecule has 3 unspecified atom stereocenters. The van der Waals surface area contributed by atoms with Crippen molar-refractivity contribution in [2.45, 2.75) is 43.8 Å². The van der Waals surface area contributed by atoms with Crippen molar-refractivity contribution in [3.05, 3.63) is 0 Å². The molecule has 2 N–H and O–H groups in total. The summed E-state index contributed by atoms with van der Waals surface area (Å²) in [6, 6.07) is 0.0688. The number of hydrogen-bond acceptors (Lipinski definition) is 2. The van der Waals surface area contributed by atoms with Gasteiger partial charge in [0.1, 0.15) is 5.67 Å². The maximum absolute atomic E-state index is 14.4. The van der Waals surface area contributed by atoms with Gasteiger partial charge in [0.2, 0.25) is 0 Å². The number of ether oxygens (including phenoxy) is 1. The van der Waals surface area contributed by atoms with Gasteiger partial charge in [-0.25, -0.2) is 4.39 Å². The first kappa shape index (κ1) is 9.41. The Morgan fingerprint density at radius 3 is 2.85 bits per heavy atom. The molecule has 1 saturated heterocycles. The predicted molar refractivity (Wildman–Crippen MR) is 49.2 cm³/mol. The number of halogens is 1. The van der Waals surface area contributed by atoms with Crippen LogP contribution in [0.2, 0.25) is 0 Å². The topological polar surface area (TPSA) is 35.2 Å². The quantitative estimate of drug-likeness (QED) is 0.677. The third kappa shape index (κ3) is 1.86. The summed E-state index contributed by atoms with van der Waals surface area (Å²) < 4.78 is 19.6. The van der Waals surface area contributed by atoms with Crippen LogP contribution in [0.15, 0.2) is 0 Å². The second-order valence-corrected chi connectivity index (χ2v) is 4.45. The first-order valence-corrected chi connectivity index (χ1v) is 5.23. The van der Waals surface area contributed by atoms with Gasteiger partial charge in [-0.15, -0.1) is 0 Å². The van der Waals surface area contributed by atoms with E-state index in [4.69, 9.17) is 10.5 Å². The summed E-state index contributed by atoms with van der Waals surface area (Å²) >= 11 is 0. The lowest BCUT2D eigenvalue weighted by Crippen LogP contribution is -2.43. The molecule has 1 aliphatic carbocycles. The van der Waals surface area contributed by atoms with Crippen LogP contribution in [-0.2, 0) is 4.74 Å². The van der Waals surface area contributed by atoms with Crippen molar-refractivity contribution in [1.82, 2.24) is 0 Å². The zero-order valence-corrected chi connectivity index (χ0v) is 7.97. The van der Waals surface area contributed by atoms with Crippen molar-refractivity contribution in [3.63, 3.8) is 0 Å². The van der Waals surface area contributed by atoms with E-state index in [1.165, 1.54) is 0 Å². The van der Waals surface area contributed by atoms with Gasteiger partial charge < -0.3 is 10.5 Å². The van der Waals surface area contributed by atoms with Crippen molar-refractivity contribution < 1.29 is 9.13 Å². The lowest BCUT2D eigenvalue weighted by atomic mass is 9.75. The fourth-order valence-electron chi connectivity index (χ4n) is 2.61. The predicted octanol–water partition coefficient (Wildman–Crippen LogP) is 1.63. The Kier molecular flexibility index (Phi) is 2.56. The minimum atomic E-state index is -1.02. The molecule has 76 valence electrons. The summed E-state index contributed by atoms with van der Waals surface area (Å²) in [5, 5.41) is 0. The Morgan fingerprint density at radius 1 is 1.38 bits per heavy atom. The van der Waals surface area contributed by atoms with E-state index in [1.807, 2.05) is 0 Å². The molecule has 0 aromatic rings. The summed E-state index contributed by atoms with van der Waals surface area (Å²) in [4.78, 5) is 0. The number of nitrogens with two attached hydrogens (primary N) is 1. The highest BCUT2D eigenvalue weighted by Crippen LogP contribution is 2.40. The van der Waals surface area contributed by atoms with E-state index in [2.05, 4.69) is 0 Å². The average Bonchev–Trinajstić information content (AvgIpc) is 2.55. The Hall–Kier alpha value is -0.150. The average molecular weight is 187 g/mol. The van der Waals surface area contributed by atoms with Crippen LogP contribution in [0.4, 0.5) is 4.39 Å². The monoisotopic (exact) mass is 187 g/mol. The van der Waals surface area contributed by atoms with Crippen LogP contribution in [0.1, 0.15) is 32.1 Å². The molecule has 2 aliphatic rings. The Labute approximate surface area is 78.6 Å². The van der Waals surface area contributed by atoms with Crippen LogP contribution < -0.4 is 5.73 Å². The zero-order valence-electron chi connectivity index (χ0n) is 7.97. The Bertz CT molecular complexity index is 182. The molecule has 3 heteroatoms. The standard InChI is InChI=1S/C10H18FNO/c11-10(8-3-5-13-7-8)4-1-2-9(12)6-10/h8-9H,1-7,12H2. The van der Waals surface area contributed by atoms with Gasteiger partial charge in [-0.2, -0.15) is 0 Å². The van der Waals surface area contributed by atoms with Gasteiger partial charge >= 0.3 is 0 Å². The van der Waals surface area contributed by atoms with Crippen LogP contribution >= 0.6 is 0 Å². The lowest BCUT2D eigenvalue weighted by Gasteiger charge is -2.36. The highest BCUT2D eigenvalue weighted by atomic mass is 19.1. The molecular formula is C10H18FNO. The molecule has 0 aromatic carbocycles. The fourth-order valence-corrected chi connectivity index (χ4v) is 2.61. The molecule has 1 heterocycles. The molecular weight excluding hydrogens is 169 g/mol. The van der Waals surface area contributed by atoms with E-state index < -0.39 is 5.67 Å². The lowest BCUT2D eigenvalue weighted by molar-refractivity contribution is 0.0243. The molecule has 0 spiro atoms. The summed E-state index contributed by atoms with van der Waals surface area (Å²) in [6.45, 7) is 1.33. The molecule has 2 rings (SSSR count). The van der Waals surface area contributed by atoms with Crippen molar-refractivity contribution >= 4 is 0 Å². The minimum Gasteiger partial charge on any atom is -0.381 e. The molecule has 2 fully saturated rings. The van der Waals surface area contributed by atoms with Gasteiger partial charge in [0.25, 0.3) is 0 Å². The number of rotatable bonds is 1. The molecule has 0 bridgehead atoms. The Morgan fingerprint density at radius 2 is 2.23 bits per heavy atom. The maximum atomic E-state index is 14.4. The van der Waals surface area contributed by atoms with E-state index in [-0.39, 0.29) is 12.0 Å². The van der Waals surface area contributed by atoms with Crippen LogP contribution in [-0.4, -0.2) is 24.9 Å². The van der Waals surface area contributed by atoms with Gasteiger partial charge in [0.05, 0.1) is 6.61 Å². The third-order valence-electron chi connectivity index (χ3n) is 3.43. The van der Waals surface area contributed by atoms with Crippen molar-refractivity contribution in [2.75, 3.05) is 13.2 Å². The fraction of sp³-hybridized carbons (Fsp3) is 1.00. The maximum Gasteiger partial charge on any atom is 0.117 e. The first-order chi connectivity index (χ1) is 6.21. The van der Waals surface area contributed by atoms with Crippen LogP contribution in [0.25, 0.3) is 0 Å². The van der Waals surface area contributed by atoms with Crippen LogP contribution in [0.3, 0.4) is 0 Å².